The molecule has 0 unspecified atom stereocenters. The van der Waals surface area contributed by atoms with E-state index in [-0.39, 0.29) is 18.2 Å². The lowest BCUT2D eigenvalue weighted by Crippen LogP contribution is -2.23. The van der Waals surface area contributed by atoms with Crippen LogP contribution in [0.4, 0.5) is 11.4 Å². The Labute approximate surface area is 161 Å². The number of carbonyl (C=O) groups excluding carboxylic acids is 2. The van der Waals surface area contributed by atoms with E-state index in [0.29, 0.717) is 42.5 Å². The first-order valence-electron chi connectivity index (χ1n) is 9.13. The van der Waals surface area contributed by atoms with E-state index in [9.17, 15) is 9.59 Å². The van der Waals surface area contributed by atoms with Gasteiger partial charge in [0.25, 0.3) is 0 Å². The van der Waals surface area contributed by atoms with Gasteiger partial charge in [0.2, 0.25) is 23.5 Å². The maximum atomic E-state index is 12.3. The lowest BCUT2D eigenvalue weighted by atomic mass is 10.2. The van der Waals surface area contributed by atoms with Gasteiger partial charge < -0.3 is 14.7 Å². The molecule has 3 aromatic rings. The van der Waals surface area contributed by atoms with Gasteiger partial charge in [-0.3, -0.25) is 14.6 Å². The van der Waals surface area contributed by atoms with Crippen molar-refractivity contribution in [3.63, 3.8) is 0 Å². The van der Waals surface area contributed by atoms with E-state index in [1.807, 2.05) is 30.3 Å². The van der Waals surface area contributed by atoms with Crippen LogP contribution in [0.3, 0.4) is 0 Å². The van der Waals surface area contributed by atoms with Crippen LogP contribution in [0.1, 0.15) is 25.2 Å². The van der Waals surface area contributed by atoms with Crippen LogP contribution in [-0.4, -0.2) is 33.5 Å². The zero-order chi connectivity index (χ0) is 19.3. The zero-order valence-electron chi connectivity index (χ0n) is 15.2. The summed E-state index contributed by atoms with van der Waals surface area (Å²) in [5.41, 5.74) is 2.08. The Morgan fingerprint density at radius 2 is 2.14 bits per heavy atom. The number of carbonyl (C=O) groups is 2. The molecule has 0 spiro atoms. The highest BCUT2D eigenvalue weighted by atomic mass is 16.5. The second-order valence-corrected chi connectivity index (χ2v) is 6.47. The highest BCUT2D eigenvalue weighted by Gasteiger charge is 2.21. The van der Waals surface area contributed by atoms with E-state index in [1.54, 1.807) is 23.2 Å². The van der Waals surface area contributed by atoms with Crippen LogP contribution in [0.25, 0.3) is 11.5 Å². The van der Waals surface area contributed by atoms with Crippen LogP contribution in [0.15, 0.2) is 53.2 Å². The summed E-state index contributed by atoms with van der Waals surface area (Å²) in [7, 11) is 0. The quantitative estimate of drug-likeness (QED) is 0.709. The van der Waals surface area contributed by atoms with Crippen molar-refractivity contribution in [1.82, 2.24) is 15.1 Å². The Bertz CT molecular complexity index is 986. The van der Waals surface area contributed by atoms with E-state index in [0.717, 1.165) is 12.1 Å². The van der Waals surface area contributed by atoms with Crippen LogP contribution in [0, 0.1) is 0 Å². The minimum absolute atomic E-state index is 0.114. The van der Waals surface area contributed by atoms with Crippen molar-refractivity contribution < 1.29 is 14.1 Å². The number of hydrogen-bond acceptors (Lipinski definition) is 6. The minimum Gasteiger partial charge on any atom is -0.339 e. The standard InChI is InChI=1S/C20H19N5O3/c26-17(9-10-18-23-20(24-28-18)16-7-1-2-11-21-16)22-14-5-3-6-15(13-14)25-12-4-8-19(25)27/h1-3,5-7,11,13H,4,8-10,12H2,(H,22,26). The second kappa shape index (κ2) is 7.99. The van der Waals surface area contributed by atoms with Crippen LogP contribution in [0.2, 0.25) is 0 Å². The Hall–Kier alpha value is -3.55. The van der Waals surface area contributed by atoms with Crippen LogP contribution >= 0.6 is 0 Å². The molecular weight excluding hydrogens is 358 g/mol. The number of nitrogens with zero attached hydrogens (tertiary/aromatic N) is 4. The van der Waals surface area contributed by atoms with Gasteiger partial charge in [-0.05, 0) is 36.8 Å². The van der Waals surface area contributed by atoms with Gasteiger partial charge in [-0.15, -0.1) is 0 Å². The van der Waals surface area contributed by atoms with Crippen molar-refractivity contribution in [3.05, 3.63) is 54.6 Å². The number of hydrogen-bond donors (Lipinski definition) is 1. The average molecular weight is 377 g/mol. The molecule has 8 nitrogen and oxygen atoms in total. The molecule has 1 aliphatic heterocycles. The Morgan fingerprint density at radius 3 is 2.93 bits per heavy atom. The smallest absolute Gasteiger partial charge is 0.227 e. The monoisotopic (exact) mass is 377 g/mol. The number of nitrogens with one attached hydrogen (secondary N) is 1. The van der Waals surface area contributed by atoms with Crippen LogP contribution in [0.5, 0.6) is 0 Å². The van der Waals surface area contributed by atoms with Gasteiger partial charge in [0, 0.05) is 43.4 Å². The summed E-state index contributed by atoms with van der Waals surface area (Å²) < 4.78 is 5.19. The zero-order valence-corrected chi connectivity index (χ0v) is 15.2. The topological polar surface area (TPSA) is 101 Å². The largest absolute Gasteiger partial charge is 0.339 e. The average Bonchev–Trinajstić information content (AvgIpc) is 3.36. The fourth-order valence-electron chi connectivity index (χ4n) is 3.07. The summed E-state index contributed by atoms with van der Waals surface area (Å²) >= 11 is 0. The van der Waals surface area contributed by atoms with Gasteiger partial charge in [-0.2, -0.15) is 4.98 Å². The number of benzene rings is 1. The van der Waals surface area contributed by atoms with Gasteiger partial charge in [0.05, 0.1) is 0 Å². The molecule has 0 radical (unpaired) electrons. The van der Waals surface area contributed by atoms with Gasteiger partial charge in [-0.25, -0.2) is 0 Å². The minimum atomic E-state index is -0.164. The summed E-state index contributed by atoms with van der Waals surface area (Å²) in [5.74, 6) is 0.734. The molecule has 1 aromatic carbocycles. The van der Waals surface area contributed by atoms with Gasteiger partial charge >= 0.3 is 0 Å². The number of aryl methyl sites for hydroxylation is 1. The van der Waals surface area contributed by atoms with Gasteiger partial charge in [-0.1, -0.05) is 17.3 Å². The molecule has 1 N–H and O–H groups in total. The summed E-state index contributed by atoms with van der Waals surface area (Å²) in [5, 5.41) is 6.74. The van der Waals surface area contributed by atoms with Crippen LogP contribution in [-0.2, 0) is 16.0 Å². The Kier molecular flexibility index (Phi) is 5.09. The first kappa shape index (κ1) is 17.8. The van der Waals surface area contributed by atoms with E-state index in [2.05, 4.69) is 20.4 Å². The molecule has 0 saturated carbocycles. The van der Waals surface area contributed by atoms with Crippen molar-refractivity contribution >= 4 is 23.2 Å². The Balaban J connectivity index is 1.34. The molecule has 0 aliphatic carbocycles. The van der Waals surface area contributed by atoms with Crippen LogP contribution < -0.4 is 10.2 Å². The summed E-state index contributed by atoms with van der Waals surface area (Å²) in [6, 6.07) is 12.8. The molecule has 142 valence electrons. The third-order valence-corrected chi connectivity index (χ3v) is 4.44. The van der Waals surface area contributed by atoms with E-state index < -0.39 is 0 Å². The van der Waals surface area contributed by atoms with E-state index in [1.165, 1.54) is 0 Å². The third kappa shape index (κ3) is 4.06. The predicted molar refractivity (Wildman–Crippen MR) is 103 cm³/mol. The molecule has 1 aliphatic rings. The molecule has 1 fully saturated rings. The molecule has 2 amide bonds. The summed E-state index contributed by atoms with van der Waals surface area (Å²) in [4.78, 5) is 34.3. The van der Waals surface area contributed by atoms with Gasteiger partial charge in [0.1, 0.15) is 5.69 Å². The maximum Gasteiger partial charge on any atom is 0.227 e. The molecule has 3 heterocycles. The Morgan fingerprint density at radius 1 is 1.21 bits per heavy atom. The lowest BCUT2D eigenvalue weighted by Gasteiger charge is -2.16. The number of pyridine rings is 1. The molecule has 4 rings (SSSR count). The normalized spacial score (nSPS) is 13.7. The second-order valence-electron chi connectivity index (χ2n) is 6.47. The van der Waals surface area contributed by atoms with E-state index in [4.69, 9.17) is 4.52 Å². The SMILES string of the molecule is O=C(CCc1nc(-c2ccccn2)no1)Nc1cccc(N2CCCC2=O)c1. The summed E-state index contributed by atoms with van der Waals surface area (Å²) in [6.45, 7) is 0.714. The first-order valence-corrected chi connectivity index (χ1v) is 9.13. The molecular formula is C20H19N5O3. The maximum absolute atomic E-state index is 12.3. The highest BCUT2D eigenvalue weighted by molar-refractivity contribution is 5.97. The van der Waals surface area contributed by atoms with Crippen molar-refractivity contribution in [2.45, 2.75) is 25.7 Å². The summed E-state index contributed by atoms with van der Waals surface area (Å²) in [6.07, 6.45) is 3.62. The molecule has 0 bridgehead atoms. The number of anilines is 2. The molecule has 8 heteroatoms. The predicted octanol–water partition coefficient (Wildman–Crippen LogP) is 2.83. The van der Waals surface area contributed by atoms with Crippen molar-refractivity contribution in [2.24, 2.45) is 0 Å². The number of amides is 2. The number of aromatic nitrogens is 3. The van der Waals surface area contributed by atoms with Crippen molar-refractivity contribution in [1.29, 1.82) is 0 Å². The van der Waals surface area contributed by atoms with Crippen molar-refractivity contribution in [2.75, 3.05) is 16.8 Å². The molecule has 0 atom stereocenters. The molecule has 1 saturated heterocycles. The fraction of sp³-hybridized carbons (Fsp3) is 0.250. The molecule has 2 aromatic heterocycles. The lowest BCUT2D eigenvalue weighted by molar-refractivity contribution is -0.117. The van der Waals surface area contributed by atoms with E-state index >= 15 is 0 Å². The van der Waals surface area contributed by atoms with Gasteiger partial charge in [0.15, 0.2) is 0 Å². The first-order chi connectivity index (χ1) is 13.7. The van der Waals surface area contributed by atoms with Crippen molar-refractivity contribution in [3.8, 4) is 11.5 Å². The third-order valence-electron chi connectivity index (χ3n) is 4.44. The molecule has 28 heavy (non-hydrogen) atoms. The fourth-order valence-corrected chi connectivity index (χ4v) is 3.07. The number of rotatable bonds is 6. The highest BCUT2D eigenvalue weighted by Crippen LogP contribution is 2.24.